The number of nitrogens with zero attached hydrogens (tertiary/aromatic N) is 2. The van der Waals surface area contributed by atoms with Crippen LogP contribution in [0.15, 0.2) is 6.07 Å². The van der Waals surface area contributed by atoms with E-state index >= 15 is 0 Å². The minimum absolute atomic E-state index is 0.0811. The second-order valence-corrected chi connectivity index (χ2v) is 5.50. The maximum atomic E-state index is 10.9. The molecule has 5 heteroatoms. The molecule has 0 radical (unpaired) electrons. The van der Waals surface area contributed by atoms with E-state index in [2.05, 4.69) is 15.3 Å². The van der Waals surface area contributed by atoms with Crippen LogP contribution >= 0.6 is 0 Å². The van der Waals surface area contributed by atoms with E-state index in [4.69, 9.17) is 5.11 Å². The molecule has 0 fully saturated rings. The van der Waals surface area contributed by atoms with Crippen molar-refractivity contribution in [3.05, 3.63) is 17.6 Å². The largest absolute Gasteiger partial charge is 0.481 e. The molecule has 1 aromatic rings. The Labute approximate surface area is 114 Å². The van der Waals surface area contributed by atoms with Gasteiger partial charge in [-0.3, -0.25) is 4.79 Å². The number of hydrogen-bond donors (Lipinski definition) is 2. The molecule has 0 saturated heterocycles. The Kier molecular flexibility index (Phi) is 5.27. The van der Waals surface area contributed by atoms with E-state index < -0.39 is 5.97 Å². The molecule has 1 rings (SSSR count). The summed E-state index contributed by atoms with van der Waals surface area (Å²) < 4.78 is 0. The first kappa shape index (κ1) is 15.4. The van der Waals surface area contributed by atoms with Gasteiger partial charge in [0, 0.05) is 23.7 Å². The zero-order valence-electron chi connectivity index (χ0n) is 12.3. The number of nitrogens with one attached hydrogen (secondary N) is 1. The molecule has 2 N–H and O–H groups in total. The lowest BCUT2D eigenvalue weighted by Gasteiger charge is -2.22. The highest BCUT2D eigenvalue weighted by atomic mass is 16.4. The summed E-state index contributed by atoms with van der Waals surface area (Å²) in [4.78, 5) is 19.7. The highest BCUT2D eigenvalue weighted by Gasteiger charge is 2.18. The van der Waals surface area contributed by atoms with Crippen LogP contribution in [-0.2, 0) is 4.79 Å². The first-order valence-corrected chi connectivity index (χ1v) is 6.63. The summed E-state index contributed by atoms with van der Waals surface area (Å²) in [5.74, 6) is 1.14. The van der Waals surface area contributed by atoms with E-state index in [1.54, 1.807) is 0 Å². The van der Waals surface area contributed by atoms with Gasteiger partial charge in [0.15, 0.2) is 0 Å². The Bertz CT molecular complexity index is 444. The van der Waals surface area contributed by atoms with E-state index in [1.165, 1.54) is 0 Å². The fraction of sp³-hybridized carbons (Fsp3) is 0.643. The summed E-state index contributed by atoms with van der Waals surface area (Å²) in [6.07, 6.45) is 0.0811. The van der Waals surface area contributed by atoms with Crippen molar-refractivity contribution in [3.63, 3.8) is 0 Å². The Balaban J connectivity index is 2.92. The average Bonchev–Trinajstić information content (AvgIpc) is 2.26. The molecule has 0 aliphatic rings. The molecule has 1 atom stereocenters. The maximum absolute atomic E-state index is 10.9. The van der Waals surface area contributed by atoms with Crippen LogP contribution < -0.4 is 5.32 Å². The molecular weight excluding hydrogens is 242 g/mol. The summed E-state index contributed by atoms with van der Waals surface area (Å²) in [5.41, 5.74) is 0.888. The van der Waals surface area contributed by atoms with Crippen LogP contribution in [0.5, 0.6) is 0 Å². The molecule has 0 bridgehead atoms. The molecule has 1 unspecified atom stereocenters. The number of carbonyl (C=O) groups is 1. The highest BCUT2D eigenvalue weighted by Crippen LogP contribution is 2.17. The average molecular weight is 265 g/mol. The molecule has 0 spiro atoms. The van der Waals surface area contributed by atoms with Crippen molar-refractivity contribution in [1.29, 1.82) is 0 Å². The fourth-order valence-electron chi connectivity index (χ4n) is 1.76. The first-order chi connectivity index (χ1) is 8.79. The van der Waals surface area contributed by atoms with Gasteiger partial charge in [0.25, 0.3) is 0 Å². The van der Waals surface area contributed by atoms with E-state index in [-0.39, 0.29) is 24.3 Å². The zero-order chi connectivity index (χ0) is 14.6. The lowest BCUT2D eigenvalue weighted by atomic mass is 10.0. The number of aryl methyl sites for hydroxylation is 1. The van der Waals surface area contributed by atoms with E-state index in [1.807, 2.05) is 40.7 Å². The second-order valence-electron chi connectivity index (χ2n) is 5.50. The number of aromatic nitrogens is 2. The van der Waals surface area contributed by atoms with E-state index in [9.17, 15) is 4.79 Å². The molecule has 0 aliphatic carbocycles. The van der Waals surface area contributed by atoms with Gasteiger partial charge in [-0.15, -0.1) is 0 Å². The van der Waals surface area contributed by atoms with Crippen molar-refractivity contribution in [1.82, 2.24) is 9.97 Å². The van der Waals surface area contributed by atoms with Crippen molar-refractivity contribution < 1.29 is 9.90 Å². The van der Waals surface area contributed by atoms with Gasteiger partial charge in [-0.2, -0.15) is 0 Å². The second kappa shape index (κ2) is 6.50. The Hall–Kier alpha value is -1.65. The predicted octanol–water partition coefficient (Wildman–Crippen LogP) is 2.82. The van der Waals surface area contributed by atoms with Crippen molar-refractivity contribution in [3.8, 4) is 0 Å². The fourth-order valence-corrected chi connectivity index (χ4v) is 1.76. The topological polar surface area (TPSA) is 75.1 Å². The monoisotopic (exact) mass is 265 g/mol. The Morgan fingerprint density at radius 2 is 1.95 bits per heavy atom. The van der Waals surface area contributed by atoms with E-state index in [0.29, 0.717) is 5.82 Å². The minimum atomic E-state index is -0.805. The number of carboxylic acids is 1. The molecule has 0 saturated carbocycles. The summed E-state index contributed by atoms with van der Waals surface area (Å²) >= 11 is 0. The Morgan fingerprint density at radius 3 is 2.42 bits per heavy atom. The molecular formula is C14H23N3O2. The zero-order valence-corrected chi connectivity index (χ0v) is 12.3. The van der Waals surface area contributed by atoms with Gasteiger partial charge in [0.05, 0.1) is 6.42 Å². The number of rotatable bonds is 6. The van der Waals surface area contributed by atoms with Crippen molar-refractivity contribution in [2.75, 3.05) is 5.32 Å². The third-order valence-corrected chi connectivity index (χ3v) is 2.92. The number of carboxylic acid groups (broad SMARTS) is 1. The molecule has 0 aromatic carbocycles. The smallest absolute Gasteiger partial charge is 0.305 e. The van der Waals surface area contributed by atoms with Crippen LogP contribution in [0, 0.1) is 12.8 Å². The van der Waals surface area contributed by atoms with Gasteiger partial charge in [0.2, 0.25) is 0 Å². The molecule has 0 amide bonds. The van der Waals surface area contributed by atoms with Crippen molar-refractivity contribution in [2.45, 2.75) is 53.0 Å². The third-order valence-electron chi connectivity index (χ3n) is 2.92. The minimum Gasteiger partial charge on any atom is -0.481 e. The lowest BCUT2D eigenvalue weighted by Crippen LogP contribution is -2.29. The molecule has 5 nitrogen and oxygen atoms in total. The quantitative estimate of drug-likeness (QED) is 0.827. The van der Waals surface area contributed by atoms with Crippen LogP contribution in [-0.4, -0.2) is 27.1 Å². The molecule has 19 heavy (non-hydrogen) atoms. The normalized spacial score (nSPS) is 12.8. The van der Waals surface area contributed by atoms with Gasteiger partial charge < -0.3 is 10.4 Å². The van der Waals surface area contributed by atoms with Gasteiger partial charge in [0.1, 0.15) is 11.6 Å². The molecule has 106 valence electrons. The maximum Gasteiger partial charge on any atom is 0.305 e. The summed E-state index contributed by atoms with van der Waals surface area (Å²) in [7, 11) is 0. The van der Waals surface area contributed by atoms with Gasteiger partial charge >= 0.3 is 5.97 Å². The van der Waals surface area contributed by atoms with Crippen molar-refractivity contribution in [2.24, 2.45) is 5.92 Å². The van der Waals surface area contributed by atoms with Crippen LogP contribution in [0.2, 0.25) is 0 Å². The summed E-state index contributed by atoms with van der Waals surface area (Å²) in [6, 6.07) is 1.72. The van der Waals surface area contributed by atoms with Gasteiger partial charge in [-0.25, -0.2) is 9.97 Å². The van der Waals surface area contributed by atoms with Gasteiger partial charge in [-0.1, -0.05) is 27.7 Å². The number of hydrogen-bond acceptors (Lipinski definition) is 4. The SMILES string of the molecule is Cc1cc(NC(CC(=O)O)C(C)C)nc(C(C)C)n1. The van der Waals surface area contributed by atoms with Crippen molar-refractivity contribution >= 4 is 11.8 Å². The van der Waals surface area contributed by atoms with Gasteiger partial charge in [-0.05, 0) is 12.8 Å². The number of anilines is 1. The van der Waals surface area contributed by atoms with Crippen LogP contribution in [0.4, 0.5) is 5.82 Å². The molecule has 1 heterocycles. The molecule has 1 aromatic heterocycles. The predicted molar refractivity (Wildman–Crippen MR) is 75.4 cm³/mol. The number of aliphatic carboxylic acids is 1. The van der Waals surface area contributed by atoms with Crippen LogP contribution in [0.25, 0.3) is 0 Å². The van der Waals surface area contributed by atoms with Crippen LogP contribution in [0.3, 0.4) is 0 Å². The summed E-state index contributed by atoms with van der Waals surface area (Å²) in [6.45, 7) is 9.99. The molecule has 0 aliphatic heterocycles. The highest BCUT2D eigenvalue weighted by molar-refractivity contribution is 5.68. The van der Waals surface area contributed by atoms with E-state index in [0.717, 1.165) is 11.5 Å². The van der Waals surface area contributed by atoms with Crippen LogP contribution in [0.1, 0.15) is 51.6 Å². The standard InChI is InChI=1S/C14H23N3O2/c1-8(2)11(7-13(18)19)16-12-6-10(5)15-14(17-12)9(3)4/h6,8-9,11H,7H2,1-5H3,(H,18,19)(H,15,16,17). The third kappa shape index (κ3) is 4.85. The lowest BCUT2D eigenvalue weighted by molar-refractivity contribution is -0.137. The Morgan fingerprint density at radius 1 is 1.32 bits per heavy atom. The summed E-state index contributed by atoms with van der Waals surface area (Å²) in [5, 5.41) is 12.1. The first-order valence-electron chi connectivity index (χ1n) is 6.63.